The highest BCUT2D eigenvalue weighted by molar-refractivity contribution is 5.86. The van der Waals surface area contributed by atoms with Gasteiger partial charge in [-0.25, -0.2) is 0 Å². The third-order valence-corrected chi connectivity index (χ3v) is 5.27. The van der Waals surface area contributed by atoms with Gasteiger partial charge in [0.15, 0.2) is 0 Å². The van der Waals surface area contributed by atoms with Crippen LogP contribution < -0.4 is 5.32 Å². The summed E-state index contributed by atoms with van der Waals surface area (Å²) in [5, 5.41) is 7.72. The predicted molar refractivity (Wildman–Crippen MR) is 109 cm³/mol. The van der Waals surface area contributed by atoms with Crippen LogP contribution >= 0.6 is 24.8 Å². The molecular weight excluding hydrogens is 389 g/mol. The third-order valence-electron chi connectivity index (χ3n) is 5.27. The van der Waals surface area contributed by atoms with E-state index in [2.05, 4.69) is 10.4 Å². The van der Waals surface area contributed by atoms with Crippen LogP contribution in [0.1, 0.15) is 38.6 Å². The number of carbonyl (C=O) groups is 2. The molecule has 1 N–H and O–H groups in total. The largest absolute Gasteiger partial charge is 0.341 e. The number of hydrogen-bond donors (Lipinski definition) is 1. The molecule has 1 atom stereocenters. The van der Waals surface area contributed by atoms with Crippen LogP contribution in [0.25, 0.3) is 0 Å². The molecule has 2 aliphatic rings. The van der Waals surface area contributed by atoms with Crippen LogP contribution in [0.2, 0.25) is 0 Å². The van der Waals surface area contributed by atoms with Crippen molar-refractivity contribution in [1.29, 1.82) is 0 Å². The number of halogens is 2. The van der Waals surface area contributed by atoms with Crippen molar-refractivity contribution in [1.82, 2.24) is 24.9 Å². The topological polar surface area (TPSA) is 70.5 Å². The maximum absolute atomic E-state index is 12.5. The minimum Gasteiger partial charge on any atom is -0.341 e. The number of likely N-dealkylation sites (tertiary alicyclic amines) is 1. The maximum Gasteiger partial charge on any atom is 0.247 e. The molecule has 1 aliphatic heterocycles. The zero-order valence-electron chi connectivity index (χ0n) is 16.0. The standard InChI is InChI=1S/C18H29N5O2.2ClH/c1-14(23-9-3-8-20-23)18(25)21(2)13-17(24)22-10-6-16(7-11-22)19-12-15-4-5-15;;/h3,8-9,14-16,19H,4-7,10-13H2,1-2H3;2*1H. The lowest BCUT2D eigenvalue weighted by Gasteiger charge is -2.33. The van der Waals surface area contributed by atoms with Gasteiger partial charge >= 0.3 is 0 Å². The fourth-order valence-corrected chi connectivity index (χ4v) is 3.31. The molecule has 3 rings (SSSR count). The molecule has 0 aromatic carbocycles. The van der Waals surface area contributed by atoms with Gasteiger partial charge in [0, 0.05) is 38.6 Å². The molecule has 1 saturated carbocycles. The number of rotatable bonds is 7. The second kappa shape index (κ2) is 10.9. The first-order valence-corrected chi connectivity index (χ1v) is 9.30. The van der Waals surface area contributed by atoms with E-state index < -0.39 is 6.04 Å². The summed E-state index contributed by atoms with van der Waals surface area (Å²) in [6, 6.07) is 1.92. The van der Waals surface area contributed by atoms with E-state index in [4.69, 9.17) is 0 Å². The van der Waals surface area contributed by atoms with Crippen LogP contribution in [0.3, 0.4) is 0 Å². The van der Waals surface area contributed by atoms with Gasteiger partial charge in [-0.05, 0) is 51.1 Å². The maximum atomic E-state index is 12.5. The lowest BCUT2D eigenvalue weighted by molar-refractivity contribution is -0.141. The zero-order valence-corrected chi connectivity index (χ0v) is 17.7. The van der Waals surface area contributed by atoms with Crippen molar-refractivity contribution in [2.45, 2.75) is 44.7 Å². The van der Waals surface area contributed by atoms with Gasteiger partial charge in [-0.15, -0.1) is 24.8 Å². The molecule has 1 aromatic rings. The van der Waals surface area contributed by atoms with Crippen LogP contribution in [0.5, 0.6) is 0 Å². The molecule has 0 spiro atoms. The quantitative estimate of drug-likeness (QED) is 0.730. The predicted octanol–water partition coefficient (Wildman–Crippen LogP) is 1.74. The van der Waals surface area contributed by atoms with Crippen LogP contribution in [-0.4, -0.2) is 70.7 Å². The third kappa shape index (κ3) is 6.66. The summed E-state index contributed by atoms with van der Waals surface area (Å²) in [7, 11) is 1.68. The van der Waals surface area contributed by atoms with E-state index in [0.717, 1.165) is 38.4 Å². The van der Waals surface area contributed by atoms with Gasteiger partial charge in [0.1, 0.15) is 6.04 Å². The fraction of sp³-hybridized carbons (Fsp3) is 0.722. The van der Waals surface area contributed by atoms with Gasteiger partial charge in [0.25, 0.3) is 0 Å². The number of amides is 2. The molecule has 0 bridgehead atoms. The summed E-state index contributed by atoms with van der Waals surface area (Å²) in [6.45, 7) is 4.61. The van der Waals surface area contributed by atoms with Crippen molar-refractivity contribution in [3.8, 4) is 0 Å². The van der Waals surface area contributed by atoms with Gasteiger partial charge in [0.05, 0.1) is 6.54 Å². The van der Waals surface area contributed by atoms with Gasteiger partial charge < -0.3 is 15.1 Å². The number of piperidine rings is 1. The Morgan fingerprint density at radius 2 is 1.89 bits per heavy atom. The van der Waals surface area contributed by atoms with Crippen LogP contribution in [-0.2, 0) is 9.59 Å². The molecule has 154 valence electrons. The molecule has 2 fully saturated rings. The lowest BCUT2D eigenvalue weighted by Crippen LogP contribution is -2.49. The Morgan fingerprint density at radius 3 is 2.44 bits per heavy atom. The molecule has 1 aliphatic carbocycles. The molecule has 2 heterocycles. The Balaban J connectivity index is 0.00000182. The average molecular weight is 420 g/mol. The Kier molecular flexibility index (Phi) is 9.56. The number of nitrogens with zero attached hydrogens (tertiary/aromatic N) is 4. The monoisotopic (exact) mass is 419 g/mol. The van der Waals surface area contributed by atoms with Crippen molar-refractivity contribution in [3.63, 3.8) is 0 Å². The van der Waals surface area contributed by atoms with E-state index in [-0.39, 0.29) is 43.2 Å². The minimum atomic E-state index is -0.398. The number of likely N-dealkylation sites (N-methyl/N-ethyl adjacent to an activating group) is 1. The van der Waals surface area contributed by atoms with Crippen molar-refractivity contribution < 1.29 is 9.59 Å². The normalized spacial score (nSPS) is 18.2. The molecule has 2 amide bonds. The summed E-state index contributed by atoms with van der Waals surface area (Å²) in [6.07, 6.45) is 8.14. The van der Waals surface area contributed by atoms with E-state index >= 15 is 0 Å². The molecule has 0 radical (unpaired) electrons. The number of nitrogens with one attached hydrogen (secondary N) is 1. The first-order chi connectivity index (χ1) is 12.0. The van der Waals surface area contributed by atoms with Crippen molar-refractivity contribution in [2.75, 3.05) is 33.2 Å². The van der Waals surface area contributed by atoms with Gasteiger partial charge in [-0.1, -0.05) is 0 Å². The van der Waals surface area contributed by atoms with E-state index in [1.807, 2.05) is 4.90 Å². The molecular formula is C18H31Cl2N5O2. The Hall–Kier alpha value is -1.31. The summed E-state index contributed by atoms with van der Waals surface area (Å²) in [5.74, 6) is 0.818. The summed E-state index contributed by atoms with van der Waals surface area (Å²) < 4.78 is 1.61. The Bertz CT molecular complexity index is 587. The second-order valence-corrected chi connectivity index (χ2v) is 7.36. The van der Waals surface area contributed by atoms with E-state index in [1.165, 1.54) is 17.7 Å². The first kappa shape index (κ1) is 23.7. The molecule has 1 aromatic heterocycles. The summed E-state index contributed by atoms with van der Waals surface area (Å²) >= 11 is 0. The summed E-state index contributed by atoms with van der Waals surface area (Å²) in [4.78, 5) is 28.3. The smallest absolute Gasteiger partial charge is 0.247 e. The molecule has 9 heteroatoms. The highest BCUT2D eigenvalue weighted by Crippen LogP contribution is 2.28. The van der Waals surface area contributed by atoms with Crippen molar-refractivity contribution >= 4 is 36.6 Å². The summed E-state index contributed by atoms with van der Waals surface area (Å²) in [5.41, 5.74) is 0. The molecule has 1 saturated heterocycles. The van der Waals surface area contributed by atoms with Crippen LogP contribution in [0.15, 0.2) is 18.5 Å². The molecule has 1 unspecified atom stereocenters. The van der Waals surface area contributed by atoms with Crippen molar-refractivity contribution in [2.24, 2.45) is 5.92 Å². The SMILES string of the molecule is CC(C(=O)N(C)CC(=O)N1CCC(NCC2CC2)CC1)n1cccn1.Cl.Cl. The van der Waals surface area contributed by atoms with Gasteiger partial charge in [-0.2, -0.15) is 5.10 Å². The second-order valence-electron chi connectivity index (χ2n) is 7.36. The average Bonchev–Trinajstić information content (AvgIpc) is 3.30. The zero-order chi connectivity index (χ0) is 17.8. The Morgan fingerprint density at radius 1 is 1.22 bits per heavy atom. The highest BCUT2D eigenvalue weighted by atomic mass is 35.5. The Labute approximate surface area is 173 Å². The van der Waals surface area contributed by atoms with E-state index in [0.29, 0.717) is 6.04 Å². The van der Waals surface area contributed by atoms with E-state index in [9.17, 15) is 9.59 Å². The van der Waals surface area contributed by atoms with E-state index in [1.54, 1.807) is 37.1 Å². The van der Waals surface area contributed by atoms with Crippen LogP contribution in [0.4, 0.5) is 0 Å². The number of carbonyl (C=O) groups excluding carboxylic acids is 2. The van der Waals surface area contributed by atoms with Crippen LogP contribution in [0, 0.1) is 5.92 Å². The van der Waals surface area contributed by atoms with Crippen molar-refractivity contribution in [3.05, 3.63) is 18.5 Å². The molecule has 27 heavy (non-hydrogen) atoms. The van der Waals surface area contributed by atoms with Gasteiger partial charge in [0.2, 0.25) is 11.8 Å². The lowest BCUT2D eigenvalue weighted by atomic mass is 10.0. The highest BCUT2D eigenvalue weighted by Gasteiger charge is 2.27. The number of aromatic nitrogens is 2. The number of hydrogen-bond acceptors (Lipinski definition) is 4. The first-order valence-electron chi connectivity index (χ1n) is 9.30. The van der Waals surface area contributed by atoms with Gasteiger partial charge in [-0.3, -0.25) is 14.3 Å². The minimum absolute atomic E-state index is 0. The fourth-order valence-electron chi connectivity index (χ4n) is 3.31. The molecule has 7 nitrogen and oxygen atoms in total.